The van der Waals surface area contributed by atoms with E-state index in [0.29, 0.717) is 16.4 Å². The summed E-state index contributed by atoms with van der Waals surface area (Å²) >= 11 is 1.35. The number of Topliss-reactive ketones (excluding diaryl/α,β-unsaturated/α-hetero) is 1. The molecule has 0 unspecified atom stereocenters. The Bertz CT molecular complexity index is 1250. The zero-order valence-corrected chi connectivity index (χ0v) is 17.2. The fourth-order valence-electron chi connectivity index (χ4n) is 3.22. The van der Waals surface area contributed by atoms with Crippen LogP contribution in [0.15, 0.2) is 59.8 Å². The van der Waals surface area contributed by atoms with Gasteiger partial charge in [0.15, 0.2) is 16.6 Å². The van der Waals surface area contributed by atoms with E-state index in [2.05, 4.69) is 28.5 Å². The lowest BCUT2D eigenvalue weighted by molar-refractivity contribution is -0.115. The van der Waals surface area contributed by atoms with Crippen LogP contribution in [0.3, 0.4) is 0 Å². The molecule has 2 aromatic heterocycles. The van der Waals surface area contributed by atoms with Crippen LogP contribution >= 0.6 is 11.8 Å². The summed E-state index contributed by atoms with van der Waals surface area (Å²) in [5.74, 6) is -0.204. The molecular formula is C22H20N4O2S. The zero-order chi connectivity index (χ0) is 20.5. The molecule has 0 aliphatic carbocycles. The Balaban J connectivity index is 1.60. The van der Waals surface area contributed by atoms with Crippen LogP contribution in [0.25, 0.3) is 16.6 Å². The molecule has 0 radical (unpaired) electrons. The van der Waals surface area contributed by atoms with Gasteiger partial charge in [-0.1, -0.05) is 42.1 Å². The van der Waals surface area contributed by atoms with Gasteiger partial charge in [0, 0.05) is 16.6 Å². The highest BCUT2D eigenvalue weighted by Gasteiger charge is 2.19. The zero-order valence-electron chi connectivity index (χ0n) is 16.3. The van der Waals surface area contributed by atoms with Gasteiger partial charge in [-0.25, -0.2) is 0 Å². The van der Waals surface area contributed by atoms with Crippen LogP contribution in [0.1, 0.15) is 29.8 Å². The molecule has 29 heavy (non-hydrogen) atoms. The van der Waals surface area contributed by atoms with E-state index in [0.717, 1.165) is 22.1 Å². The van der Waals surface area contributed by atoms with E-state index < -0.39 is 5.25 Å². The minimum atomic E-state index is -0.400. The molecule has 1 N–H and O–H groups in total. The van der Waals surface area contributed by atoms with E-state index in [1.165, 1.54) is 18.7 Å². The molecule has 1 amide bonds. The number of anilines is 1. The van der Waals surface area contributed by atoms with E-state index in [4.69, 9.17) is 0 Å². The lowest BCUT2D eigenvalue weighted by Gasteiger charge is -2.12. The number of ketones is 1. The van der Waals surface area contributed by atoms with Crippen molar-refractivity contribution in [3.05, 3.63) is 65.7 Å². The summed E-state index contributed by atoms with van der Waals surface area (Å²) in [6.07, 6.45) is 0. The highest BCUT2D eigenvalue weighted by atomic mass is 32.2. The molecule has 4 aromatic rings. The molecule has 0 aliphatic rings. The number of rotatable bonds is 5. The van der Waals surface area contributed by atoms with Crippen molar-refractivity contribution in [3.8, 4) is 0 Å². The van der Waals surface area contributed by atoms with Gasteiger partial charge in [0.05, 0.1) is 10.8 Å². The lowest BCUT2D eigenvalue weighted by atomic mass is 10.1. The molecule has 6 nitrogen and oxygen atoms in total. The maximum atomic E-state index is 12.7. The molecular weight excluding hydrogens is 384 g/mol. The molecule has 0 saturated heterocycles. The van der Waals surface area contributed by atoms with Gasteiger partial charge in [0.2, 0.25) is 5.91 Å². The monoisotopic (exact) mass is 404 g/mol. The van der Waals surface area contributed by atoms with Crippen LogP contribution in [0.5, 0.6) is 0 Å². The summed E-state index contributed by atoms with van der Waals surface area (Å²) in [5.41, 5.74) is 4.06. The molecule has 146 valence electrons. The predicted octanol–water partition coefficient (Wildman–Crippen LogP) is 4.51. The second-order valence-electron chi connectivity index (χ2n) is 6.91. The average molecular weight is 404 g/mol. The maximum absolute atomic E-state index is 12.7. The number of aryl methyl sites for hydroxylation is 1. The van der Waals surface area contributed by atoms with E-state index >= 15 is 0 Å². The van der Waals surface area contributed by atoms with Crippen molar-refractivity contribution in [1.82, 2.24) is 14.6 Å². The van der Waals surface area contributed by atoms with Crippen LogP contribution in [-0.2, 0) is 4.79 Å². The van der Waals surface area contributed by atoms with Gasteiger partial charge >= 0.3 is 0 Å². The summed E-state index contributed by atoms with van der Waals surface area (Å²) < 4.78 is 1.98. The predicted molar refractivity (Wildman–Crippen MR) is 116 cm³/mol. The molecule has 4 rings (SSSR count). The Morgan fingerprint density at radius 2 is 1.86 bits per heavy atom. The van der Waals surface area contributed by atoms with Crippen molar-refractivity contribution in [1.29, 1.82) is 0 Å². The van der Waals surface area contributed by atoms with Crippen LogP contribution in [0.4, 0.5) is 5.69 Å². The fraction of sp³-hybridized carbons (Fsp3) is 0.182. The van der Waals surface area contributed by atoms with Crippen LogP contribution < -0.4 is 5.32 Å². The Morgan fingerprint density at radius 3 is 2.66 bits per heavy atom. The number of carbonyl (C=O) groups is 2. The standard InChI is InChI=1S/C22H20N4O2S/c1-13-11-20-24-25-22(26(20)19-10-5-4-9-18(13)19)29-15(3)21(28)23-17-8-6-7-16(12-17)14(2)27/h4-12,15H,1-3H3,(H,23,28)/t15-/m0/s1. The Kier molecular flexibility index (Phi) is 5.07. The summed E-state index contributed by atoms with van der Waals surface area (Å²) in [4.78, 5) is 24.2. The topological polar surface area (TPSA) is 76.4 Å². The molecule has 7 heteroatoms. The fourth-order valence-corrected chi connectivity index (χ4v) is 4.09. The number of nitrogens with zero attached hydrogens (tertiary/aromatic N) is 3. The third-order valence-corrected chi connectivity index (χ3v) is 5.80. The number of thioether (sulfide) groups is 1. The third kappa shape index (κ3) is 3.73. The number of para-hydroxylation sites is 1. The second-order valence-corrected chi connectivity index (χ2v) is 8.21. The van der Waals surface area contributed by atoms with Crippen molar-refractivity contribution < 1.29 is 9.59 Å². The molecule has 0 spiro atoms. The van der Waals surface area contributed by atoms with Gasteiger partial charge in [0.1, 0.15) is 0 Å². The van der Waals surface area contributed by atoms with Gasteiger partial charge in [-0.2, -0.15) is 0 Å². The summed E-state index contributed by atoms with van der Waals surface area (Å²) in [7, 11) is 0. The van der Waals surface area contributed by atoms with Crippen molar-refractivity contribution in [3.63, 3.8) is 0 Å². The number of amides is 1. The molecule has 0 fully saturated rings. The number of pyridine rings is 1. The first-order chi connectivity index (χ1) is 13.9. The van der Waals surface area contributed by atoms with Gasteiger partial charge < -0.3 is 5.32 Å². The second kappa shape index (κ2) is 7.67. The number of carbonyl (C=O) groups excluding carboxylic acids is 2. The minimum Gasteiger partial charge on any atom is -0.325 e. The molecule has 0 saturated carbocycles. The number of nitrogens with one attached hydrogen (secondary N) is 1. The van der Waals surface area contributed by atoms with E-state index in [1.54, 1.807) is 24.3 Å². The number of aromatic nitrogens is 3. The first-order valence-corrected chi connectivity index (χ1v) is 10.1. The Labute approximate surface area is 172 Å². The molecule has 1 atom stereocenters. The van der Waals surface area contributed by atoms with Crippen molar-refractivity contribution in [2.24, 2.45) is 0 Å². The first kappa shape index (κ1) is 19.1. The minimum absolute atomic E-state index is 0.0411. The lowest BCUT2D eigenvalue weighted by Crippen LogP contribution is -2.22. The molecule has 0 aliphatic heterocycles. The number of benzene rings is 2. The Hall–Kier alpha value is -3.19. The van der Waals surface area contributed by atoms with Crippen molar-refractivity contribution in [2.45, 2.75) is 31.2 Å². The van der Waals surface area contributed by atoms with E-state index in [1.807, 2.05) is 35.6 Å². The largest absolute Gasteiger partial charge is 0.325 e. The van der Waals surface area contributed by atoms with Gasteiger partial charge in [-0.15, -0.1) is 10.2 Å². The summed E-state index contributed by atoms with van der Waals surface area (Å²) in [5, 5.41) is 12.8. The summed E-state index contributed by atoms with van der Waals surface area (Å²) in [6.45, 7) is 5.38. The van der Waals surface area contributed by atoms with E-state index in [9.17, 15) is 9.59 Å². The Morgan fingerprint density at radius 1 is 1.07 bits per heavy atom. The molecule has 2 aromatic carbocycles. The average Bonchev–Trinajstić information content (AvgIpc) is 3.10. The highest BCUT2D eigenvalue weighted by molar-refractivity contribution is 8.00. The maximum Gasteiger partial charge on any atom is 0.237 e. The van der Waals surface area contributed by atoms with Gasteiger partial charge in [-0.3, -0.25) is 14.0 Å². The van der Waals surface area contributed by atoms with E-state index in [-0.39, 0.29) is 11.7 Å². The quantitative estimate of drug-likeness (QED) is 0.391. The highest BCUT2D eigenvalue weighted by Crippen LogP contribution is 2.28. The van der Waals surface area contributed by atoms with Crippen molar-refractivity contribution in [2.75, 3.05) is 5.32 Å². The smallest absolute Gasteiger partial charge is 0.237 e. The molecule has 0 bridgehead atoms. The molecule has 2 heterocycles. The van der Waals surface area contributed by atoms with Crippen LogP contribution in [0.2, 0.25) is 0 Å². The van der Waals surface area contributed by atoms with Crippen molar-refractivity contribution >= 4 is 45.7 Å². The summed E-state index contributed by atoms with van der Waals surface area (Å²) in [6, 6.07) is 17.0. The van der Waals surface area contributed by atoms with Gasteiger partial charge in [0.25, 0.3) is 0 Å². The number of fused-ring (bicyclic) bond motifs is 3. The number of hydrogen-bond acceptors (Lipinski definition) is 5. The SMILES string of the molecule is CC(=O)c1cccc(NC(=O)[C@H](C)Sc2nnc3cc(C)c4ccccc4n23)c1. The van der Waals surface area contributed by atoms with Crippen LogP contribution in [-0.4, -0.2) is 31.5 Å². The number of hydrogen-bond donors (Lipinski definition) is 1. The third-order valence-electron chi connectivity index (χ3n) is 4.76. The van der Waals surface area contributed by atoms with Gasteiger partial charge in [-0.05, 0) is 50.6 Å². The first-order valence-electron chi connectivity index (χ1n) is 9.26. The normalized spacial score (nSPS) is 12.2. The van der Waals surface area contributed by atoms with Crippen LogP contribution in [0, 0.1) is 6.92 Å².